The number of rotatable bonds is 4. The SMILES string of the molecule is CC(=O)c1ccc(-c2cccc(CN(C)C)c2)s1. The third-order valence-electron chi connectivity index (χ3n) is 2.66. The predicted molar refractivity (Wildman–Crippen MR) is 77.2 cm³/mol. The van der Waals surface area contributed by atoms with Crippen molar-refractivity contribution in [2.24, 2.45) is 0 Å². The molecule has 2 aromatic rings. The van der Waals surface area contributed by atoms with Gasteiger partial charge in [0.25, 0.3) is 0 Å². The number of nitrogens with zero attached hydrogens (tertiary/aromatic N) is 1. The normalized spacial score (nSPS) is 10.9. The van der Waals surface area contributed by atoms with E-state index in [9.17, 15) is 4.79 Å². The Bertz CT molecular complexity index is 557. The van der Waals surface area contributed by atoms with Crippen LogP contribution in [-0.2, 0) is 6.54 Å². The van der Waals surface area contributed by atoms with Crippen molar-refractivity contribution in [3.63, 3.8) is 0 Å². The maximum atomic E-state index is 11.3. The van der Waals surface area contributed by atoms with Gasteiger partial charge >= 0.3 is 0 Å². The van der Waals surface area contributed by atoms with Crippen molar-refractivity contribution in [3.8, 4) is 10.4 Å². The van der Waals surface area contributed by atoms with Crippen LogP contribution in [0.15, 0.2) is 36.4 Å². The van der Waals surface area contributed by atoms with Crippen molar-refractivity contribution in [2.75, 3.05) is 14.1 Å². The Hall–Kier alpha value is -1.45. The quantitative estimate of drug-likeness (QED) is 0.781. The molecular weight excluding hydrogens is 242 g/mol. The van der Waals surface area contributed by atoms with Crippen LogP contribution in [0.4, 0.5) is 0 Å². The highest BCUT2D eigenvalue weighted by Crippen LogP contribution is 2.29. The van der Waals surface area contributed by atoms with E-state index in [0.29, 0.717) is 0 Å². The molecule has 0 amide bonds. The first kappa shape index (κ1) is 13.0. The van der Waals surface area contributed by atoms with Gasteiger partial charge in [-0.2, -0.15) is 0 Å². The van der Waals surface area contributed by atoms with Gasteiger partial charge in [0.2, 0.25) is 0 Å². The molecule has 0 aliphatic heterocycles. The van der Waals surface area contributed by atoms with Crippen LogP contribution in [0, 0.1) is 0 Å². The van der Waals surface area contributed by atoms with E-state index in [-0.39, 0.29) is 5.78 Å². The molecule has 0 aliphatic rings. The van der Waals surface area contributed by atoms with Crippen LogP contribution >= 0.6 is 11.3 Å². The zero-order valence-electron chi connectivity index (χ0n) is 10.9. The van der Waals surface area contributed by atoms with E-state index < -0.39 is 0 Å². The van der Waals surface area contributed by atoms with Crippen molar-refractivity contribution in [3.05, 3.63) is 46.8 Å². The number of hydrogen-bond donors (Lipinski definition) is 0. The molecule has 0 fully saturated rings. The van der Waals surface area contributed by atoms with E-state index in [2.05, 4.69) is 43.3 Å². The summed E-state index contributed by atoms with van der Waals surface area (Å²) >= 11 is 1.56. The van der Waals surface area contributed by atoms with Crippen molar-refractivity contribution in [1.82, 2.24) is 4.90 Å². The average molecular weight is 259 g/mol. The Morgan fingerprint density at radius 3 is 2.61 bits per heavy atom. The predicted octanol–water partition coefficient (Wildman–Crippen LogP) is 3.68. The molecule has 2 rings (SSSR count). The first-order valence-corrected chi connectivity index (χ1v) is 6.73. The van der Waals surface area contributed by atoms with Crippen molar-refractivity contribution in [2.45, 2.75) is 13.5 Å². The molecule has 3 heteroatoms. The van der Waals surface area contributed by atoms with Gasteiger partial charge < -0.3 is 4.90 Å². The summed E-state index contributed by atoms with van der Waals surface area (Å²) in [5.74, 6) is 0.135. The summed E-state index contributed by atoms with van der Waals surface area (Å²) in [5.41, 5.74) is 2.47. The van der Waals surface area contributed by atoms with Gasteiger partial charge in [0.15, 0.2) is 5.78 Å². The molecule has 1 heterocycles. The third-order valence-corrected chi connectivity index (χ3v) is 3.90. The minimum atomic E-state index is 0.135. The second kappa shape index (κ2) is 5.46. The van der Waals surface area contributed by atoms with Crippen LogP contribution < -0.4 is 0 Å². The first-order chi connectivity index (χ1) is 8.56. The molecule has 0 unspecified atom stereocenters. The van der Waals surface area contributed by atoms with Crippen LogP contribution in [0.3, 0.4) is 0 Å². The zero-order valence-corrected chi connectivity index (χ0v) is 11.8. The molecule has 18 heavy (non-hydrogen) atoms. The highest BCUT2D eigenvalue weighted by Gasteiger charge is 2.06. The molecule has 1 aromatic heterocycles. The minimum Gasteiger partial charge on any atom is -0.305 e. The molecule has 0 aliphatic carbocycles. The van der Waals surface area contributed by atoms with Crippen LogP contribution in [0.5, 0.6) is 0 Å². The van der Waals surface area contributed by atoms with Crippen LogP contribution in [0.25, 0.3) is 10.4 Å². The fourth-order valence-electron chi connectivity index (χ4n) is 1.87. The standard InChI is InChI=1S/C15H17NOS/c1-11(17)14-7-8-15(18-14)13-6-4-5-12(9-13)10-16(2)3/h4-9H,10H2,1-3H3. The lowest BCUT2D eigenvalue weighted by Gasteiger charge is -2.10. The summed E-state index contributed by atoms with van der Waals surface area (Å²) in [4.78, 5) is 15.4. The number of carbonyl (C=O) groups is 1. The molecule has 0 saturated carbocycles. The molecule has 0 bridgehead atoms. The van der Waals surface area contributed by atoms with Gasteiger partial charge in [-0.1, -0.05) is 18.2 Å². The lowest BCUT2D eigenvalue weighted by atomic mass is 10.1. The van der Waals surface area contributed by atoms with Crippen molar-refractivity contribution in [1.29, 1.82) is 0 Å². The number of thiophene rings is 1. The van der Waals surface area contributed by atoms with E-state index in [4.69, 9.17) is 0 Å². The van der Waals surface area contributed by atoms with Gasteiger partial charge in [-0.3, -0.25) is 4.79 Å². The van der Waals surface area contributed by atoms with E-state index in [0.717, 1.165) is 16.3 Å². The smallest absolute Gasteiger partial charge is 0.169 e. The van der Waals surface area contributed by atoms with Crippen LogP contribution in [0.1, 0.15) is 22.2 Å². The number of Topliss-reactive ketones (excluding diaryl/α,β-unsaturated/α-hetero) is 1. The molecular formula is C15H17NOS. The number of carbonyl (C=O) groups excluding carboxylic acids is 1. The van der Waals surface area contributed by atoms with Gasteiger partial charge in [-0.05, 0) is 50.3 Å². The fraction of sp³-hybridized carbons (Fsp3) is 0.267. The molecule has 0 N–H and O–H groups in total. The van der Waals surface area contributed by atoms with Gasteiger partial charge in [0, 0.05) is 11.4 Å². The lowest BCUT2D eigenvalue weighted by molar-refractivity contribution is 0.102. The largest absolute Gasteiger partial charge is 0.305 e. The Labute approximate surface area is 112 Å². The molecule has 2 nitrogen and oxygen atoms in total. The van der Waals surface area contributed by atoms with Gasteiger partial charge in [0.1, 0.15) is 0 Å². The summed E-state index contributed by atoms with van der Waals surface area (Å²) in [5, 5.41) is 0. The Kier molecular flexibility index (Phi) is 3.94. The molecule has 0 spiro atoms. The summed E-state index contributed by atoms with van der Waals surface area (Å²) < 4.78 is 0. The highest BCUT2D eigenvalue weighted by atomic mass is 32.1. The van der Waals surface area contributed by atoms with Crippen molar-refractivity contribution < 1.29 is 4.79 Å². The van der Waals surface area contributed by atoms with Gasteiger partial charge in [-0.25, -0.2) is 0 Å². The average Bonchev–Trinajstić information content (AvgIpc) is 2.77. The second-order valence-corrected chi connectivity index (χ2v) is 5.74. The van der Waals surface area contributed by atoms with Crippen LogP contribution in [-0.4, -0.2) is 24.8 Å². The van der Waals surface area contributed by atoms with E-state index in [1.165, 1.54) is 11.1 Å². The fourth-order valence-corrected chi connectivity index (χ4v) is 2.77. The Morgan fingerprint density at radius 2 is 2.00 bits per heavy atom. The molecule has 0 atom stereocenters. The molecule has 94 valence electrons. The summed E-state index contributed by atoms with van der Waals surface area (Å²) in [7, 11) is 4.12. The Balaban J connectivity index is 2.29. The van der Waals surface area contributed by atoms with Gasteiger partial charge in [0.05, 0.1) is 4.88 Å². The number of benzene rings is 1. The monoisotopic (exact) mass is 259 g/mol. The minimum absolute atomic E-state index is 0.135. The number of ketones is 1. The Morgan fingerprint density at radius 1 is 1.22 bits per heavy atom. The molecule has 0 radical (unpaired) electrons. The van der Waals surface area contributed by atoms with E-state index in [1.807, 2.05) is 12.1 Å². The van der Waals surface area contributed by atoms with Crippen LogP contribution in [0.2, 0.25) is 0 Å². The first-order valence-electron chi connectivity index (χ1n) is 5.91. The van der Waals surface area contributed by atoms with E-state index in [1.54, 1.807) is 18.3 Å². The zero-order chi connectivity index (χ0) is 13.1. The molecule has 0 saturated heterocycles. The lowest BCUT2D eigenvalue weighted by Crippen LogP contribution is -2.10. The second-order valence-electron chi connectivity index (χ2n) is 4.66. The highest BCUT2D eigenvalue weighted by molar-refractivity contribution is 7.17. The summed E-state index contributed by atoms with van der Waals surface area (Å²) in [6.07, 6.45) is 0. The maximum absolute atomic E-state index is 11.3. The summed E-state index contributed by atoms with van der Waals surface area (Å²) in [6, 6.07) is 12.4. The summed E-state index contributed by atoms with van der Waals surface area (Å²) in [6.45, 7) is 2.54. The topological polar surface area (TPSA) is 20.3 Å². The van der Waals surface area contributed by atoms with Crippen molar-refractivity contribution >= 4 is 17.1 Å². The molecule has 1 aromatic carbocycles. The number of hydrogen-bond acceptors (Lipinski definition) is 3. The third kappa shape index (κ3) is 3.06. The van der Waals surface area contributed by atoms with E-state index >= 15 is 0 Å². The van der Waals surface area contributed by atoms with Gasteiger partial charge in [-0.15, -0.1) is 11.3 Å². The maximum Gasteiger partial charge on any atom is 0.169 e.